The van der Waals surface area contributed by atoms with E-state index in [4.69, 9.17) is 10.5 Å². The van der Waals surface area contributed by atoms with E-state index in [1.54, 1.807) is 6.20 Å². The minimum absolute atomic E-state index is 0.356. The number of rotatable bonds is 1. The minimum atomic E-state index is -0.854. The van der Waals surface area contributed by atoms with Crippen LogP contribution in [0.2, 0.25) is 0 Å². The van der Waals surface area contributed by atoms with Crippen molar-refractivity contribution in [3.8, 4) is 0 Å². The van der Waals surface area contributed by atoms with Gasteiger partial charge < -0.3 is 15.6 Å². The molecule has 4 nitrogen and oxygen atoms in total. The number of nitrogens with two attached hydrogens (primary N) is 1. The molecule has 1 aromatic heterocycles. The summed E-state index contributed by atoms with van der Waals surface area (Å²) in [5.74, 6) is 0. The molecule has 0 aromatic carbocycles. The first-order valence-electron chi connectivity index (χ1n) is 4.23. The number of ether oxygens (including phenoxy) is 1. The molecule has 0 amide bonds. The minimum Gasteiger partial charge on any atom is -0.382 e. The average Bonchev–Trinajstić information content (AvgIpc) is 2.54. The van der Waals surface area contributed by atoms with E-state index in [0.717, 1.165) is 24.3 Å². The molecule has 13 heavy (non-hydrogen) atoms. The molecule has 1 aliphatic heterocycles. The van der Waals surface area contributed by atoms with E-state index in [2.05, 4.69) is 4.98 Å². The van der Waals surface area contributed by atoms with Gasteiger partial charge >= 0.3 is 0 Å². The van der Waals surface area contributed by atoms with Crippen molar-refractivity contribution in [2.45, 2.75) is 18.4 Å². The van der Waals surface area contributed by atoms with Gasteiger partial charge in [-0.15, -0.1) is 0 Å². The third-order valence-corrected chi connectivity index (χ3v) is 3.22. The molecular weight excluding hydrogens is 188 g/mol. The topological polar surface area (TPSA) is 68.4 Å². The number of aliphatic hydroxyl groups is 1. The molecule has 0 bridgehead atoms. The molecule has 0 aliphatic carbocycles. The third-order valence-electron chi connectivity index (χ3n) is 2.20. The smallest absolute Gasteiger partial charge is 0.180 e. The Bertz CT molecular complexity index is 294. The Balaban J connectivity index is 2.22. The van der Waals surface area contributed by atoms with E-state index < -0.39 is 5.60 Å². The first kappa shape index (κ1) is 8.93. The van der Waals surface area contributed by atoms with Crippen LogP contribution >= 0.6 is 11.3 Å². The van der Waals surface area contributed by atoms with Gasteiger partial charge in [-0.05, 0) is 12.8 Å². The molecule has 1 unspecified atom stereocenters. The van der Waals surface area contributed by atoms with Crippen molar-refractivity contribution in [3.63, 3.8) is 0 Å². The Hall–Kier alpha value is -0.650. The molecule has 0 saturated carbocycles. The summed E-state index contributed by atoms with van der Waals surface area (Å²) in [6.45, 7) is 1.09. The molecule has 1 fully saturated rings. The zero-order valence-electron chi connectivity index (χ0n) is 7.19. The van der Waals surface area contributed by atoms with Crippen molar-refractivity contribution in [3.05, 3.63) is 11.1 Å². The lowest BCUT2D eigenvalue weighted by Crippen LogP contribution is -2.34. The van der Waals surface area contributed by atoms with Crippen LogP contribution in [0.5, 0.6) is 0 Å². The van der Waals surface area contributed by atoms with Crippen molar-refractivity contribution in [1.82, 2.24) is 4.98 Å². The van der Waals surface area contributed by atoms with Crippen LogP contribution in [0.3, 0.4) is 0 Å². The number of nitrogens with zero attached hydrogens (tertiary/aromatic N) is 1. The van der Waals surface area contributed by atoms with Gasteiger partial charge in [0.05, 0.1) is 11.5 Å². The predicted molar refractivity (Wildman–Crippen MR) is 50.5 cm³/mol. The first-order valence-corrected chi connectivity index (χ1v) is 5.04. The van der Waals surface area contributed by atoms with Gasteiger partial charge in [-0.3, -0.25) is 0 Å². The normalized spacial score (nSPS) is 29.0. The van der Waals surface area contributed by atoms with E-state index in [9.17, 15) is 5.11 Å². The van der Waals surface area contributed by atoms with Crippen molar-refractivity contribution in [2.75, 3.05) is 18.9 Å². The molecule has 5 heteroatoms. The van der Waals surface area contributed by atoms with Crippen molar-refractivity contribution < 1.29 is 9.84 Å². The van der Waals surface area contributed by atoms with E-state index in [1.807, 2.05) is 0 Å². The van der Waals surface area contributed by atoms with E-state index in [0.29, 0.717) is 11.7 Å². The summed E-state index contributed by atoms with van der Waals surface area (Å²) in [7, 11) is 0. The molecule has 2 rings (SSSR count). The summed E-state index contributed by atoms with van der Waals surface area (Å²) in [5.41, 5.74) is 4.65. The lowest BCUT2D eigenvalue weighted by molar-refractivity contribution is -0.0881. The molecule has 72 valence electrons. The molecule has 0 spiro atoms. The first-order chi connectivity index (χ1) is 6.21. The lowest BCUT2D eigenvalue weighted by Gasteiger charge is -2.30. The summed E-state index contributed by atoms with van der Waals surface area (Å²) in [5, 5.41) is 10.6. The van der Waals surface area contributed by atoms with Gasteiger partial charge in [0, 0.05) is 12.8 Å². The standard InChI is InChI=1S/C8H12N2O2S/c9-7-10-4-6(13-7)8(11)2-1-3-12-5-8/h4,11H,1-3,5H2,(H2,9,10). The van der Waals surface area contributed by atoms with Gasteiger partial charge in [0.15, 0.2) is 5.13 Å². The predicted octanol–water partition coefficient (Wildman–Crippen LogP) is 0.723. The number of thiazole rings is 1. The summed E-state index contributed by atoms with van der Waals surface area (Å²) in [6.07, 6.45) is 3.25. The molecule has 2 heterocycles. The Morgan fingerprint density at radius 2 is 2.54 bits per heavy atom. The molecule has 1 aromatic rings. The van der Waals surface area contributed by atoms with Gasteiger partial charge in [-0.2, -0.15) is 0 Å². The van der Waals surface area contributed by atoms with Gasteiger partial charge in [0.2, 0.25) is 0 Å². The molecule has 0 radical (unpaired) electrons. The van der Waals surface area contributed by atoms with E-state index >= 15 is 0 Å². The van der Waals surface area contributed by atoms with Crippen LogP contribution in [-0.2, 0) is 10.3 Å². The summed E-state index contributed by atoms with van der Waals surface area (Å²) >= 11 is 1.33. The number of aromatic nitrogens is 1. The Kier molecular flexibility index (Phi) is 2.23. The van der Waals surface area contributed by atoms with Crippen LogP contribution in [0.4, 0.5) is 5.13 Å². The summed E-state index contributed by atoms with van der Waals surface area (Å²) < 4.78 is 5.24. The molecule has 1 aliphatic rings. The van der Waals surface area contributed by atoms with Gasteiger partial charge in [-0.1, -0.05) is 11.3 Å². The Labute approximate surface area is 80.4 Å². The highest BCUT2D eigenvalue weighted by Crippen LogP contribution is 2.34. The van der Waals surface area contributed by atoms with Crippen LogP contribution in [-0.4, -0.2) is 23.3 Å². The second-order valence-electron chi connectivity index (χ2n) is 3.25. The van der Waals surface area contributed by atoms with Crippen molar-refractivity contribution in [2.24, 2.45) is 0 Å². The van der Waals surface area contributed by atoms with Crippen LogP contribution in [0.1, 0.15) is 17.7 Å². The number of hydrogen-bond donors (Lipinski definition) is 2. The highest BCUT2D eigenvalue weighted by molar-refractivity contribution is 7.15. The fourth-order valence-corrected chi connectivity index (χ4v) is 2.26. The maximum atomic E-state index is 10.1. The average molecular weight is 200 g/mol. The largest absolute Gasteiger partial charge is 0.382 e. The number of nitrogen functional groups attached to an aromatic ring is 1. The molecule has 1 atom stereocenters. The number of hydrogen-bond acceptors (Lipinski definition) is 5. The van der Waals surface area contributed by atoms with E-state index in [-0.39, 0.29) is 0 Å². The third kappa shape index (κ3) is 1.67. The van der Waals surface area contributed by atoms with Gasteiger partial charge in [0.1, 0.15) is 5.60 Å². The SMILES string of the molecule is Nc1ncc(C2(O)CCCOC2)s1. The fraction of sp³-hybridized carbons (Fsp3) is 0.625. The maximum Gasteiger partial charge on any atom is 0.180 e. The lowest BCUT2D eigenvalue weighted by atomic mass is 9.96. The Morgan fingerprint density at radius 1 is 1.69 bits per heavy atom. The monoisotopic (exact) mass is 200 g/mol. The quantitative estimate of drug-likeness (QED) is 0.701. The maximum absolute atomic E-state index is 10.1. The van der Waals surface area contributed by atoms with Crippen LogP contribution in [0.15, 0.2) is 6.20 Å². The van der Waals surface area contributed by atoms with Gasteiger partial charge in [-0.25, -0.2) is 4.98 Å². The molecule has 3 N–H and O–H groups in total. The summed E-state index contributed by atoms with van der Waals surface area (Å²) in [6, 6.07) is 0. The second-order valence-corrected chi connectivity index (χ2v) is 4.31. The van der Waals surface area contributed by atoms with Crippen LogP contribution < -0.4 is 5.73 Å². The highest BCUT2D eigenvalue weighted by atomic mass is 32.1. The van der Waals surface area contributed by atoms with E-state index in [1.165, 1.54) is 11.3 Å². The zero-order chi connectivity index (χ0) is 9.31. The van der Waals surface area contributed by atoms with Crippen molar-refractivity contribution in [1.29, 1.82) is 0 Å². The highest BCUT2D eigenvalue weighted by Gasteiger charge is 2.33. The van der Waals surface area contributed by atoms with Crippen LogP contribution in [0, 0.1) is 0 Å². The zero-order valence-corrected chi connectivity index (χ0v) is 8.01. The number of anilines is 1. The Morgan fingerprint density at radius 3 is 3.08 bits per heavy atom. The second kappa shape index (κ2) is 3.25. The van der Waals surface area contributed by atoms with Crippen LogP contribution in [0.25, 0.3) is 0 Å². The molecule has 1 saturated heterocycles. The van der Waals surface area contributed by atoms with Crippen molar-refractivity contribution >= 4 is 16.5 Å². The fourth-order valence-electron chi connectivity index (χ4n) is 1.48. The van der Waals surface area contributed by atoms with Gasteiger partial charge in [0.25, 0.3) is 0 Å². The summed E-state index contributed by atoms with van der Waals surface area (Å²) in [4.78, 5) is 4.73. The molecular formula is C8H12N2O2S.